The second-order valence-electron chi connectivity index (χ2n) is 12.3. The number of aromatic amines is 1. The minimum Gasteiger partial charge on any atom is -0.391 e. The van der Waals surface area contributed by atoms with Crippen LogP contribution in [0.1, 0.15) is 89.7 Å². The number of amides is 1. The number of aliphatic hydroxyl groups is 1. The SMILES string of the molecule is COCCCCC(c1cc(=O)[nH]cc1C)C(CC(N)C(O)CC(C(=O)NCC1CCOCC1)C(C)C)C(C)C. The highest BCUT2D eigenvalue weighted by Crippen LogP contribution is 2.39. The van der Waals surface area contributed by atoms with E-state index in [1.165, 1.54) is 0 Å². The number of aromatic nitrogens is 1. The van der Waals surface area contributed by atoms with Gasteiger partial charge < -0.3 is 30.6 Å². The maximum absolute atomic E-state index is 13.1. The van der Waals surface area contributed by atoms with Crippen molar-refractivity contribution >= 4 is 5.91 Å². The average Bonchev–Trinajstić information content (AvgIpc) is 2.91. The molecule has 0 aromatic carbocycles. The zero-order chi connectivity index (χ0) is 28.9. The molecule has 1 aromatic rings. The molecule has 39 heavy (non-hydrogen) atoms. The quantitative estimate of drug-likeness (QED) is 0.216. The van der Waals surface area contributed by atoms with Gasteiger partial charge in [-0.05, 0) is 86.2 Å². The van der Waals surface area contributed by atoms with E-state index in [1.54, 1.807) is 19.4 Å². The van der Waals surface area contributed by atoms with Crippen LogP contribution >= 0.6 is 0 Å². The first-order valence-electron chi connectivity index (χ1n) is 15.0. The van der Waals surface area contributed by atoms with Crippen LogP contribution < -0.4 is 16.6 Å². The van der Waals surface area contributed by atoms with E-state index in [1.807, 2.05) is 20.8 Å². The minimum absolute atomic E-state index is 0.00157. The smallest absolute Gasteiger partial charge is 0.248 e. The van der Waals surface area contributed by atoms with Gasteiger partial charge in [-0.2, -0.15) is 0 Å². The summed E-state index contributed by atoms with van der Waals surface area (Å²) in [7, 11) is 1.71. The zero-order valence-electron chi connectivity index (χ0n) is 25.2. The Morgan fingerprint density at radius 3 is 2.49 bits per heavy atom. The molecule has 224 valence electrons. The van der Waals surface area contributed by atoms with E-state index >= 15 is 0 Å². The maximum Gasteiger partial charge on any atom is 0.248 e. The molecule has 1 aromatic heterocycles. The van der Waals surface area contributed by atoms with E-state index in [0.717, 1.165) is 56.4 Å². The van der Waals surface area contributed by atoms with E-state index in [2.05, 4.69) is 24.1 Å². The maximum atomic E-state index is 13.1. The highest BCUT2D eigenvalue weighted by Gasteiger charge is 2.33. The number of aryl methyl sites for hydroxylation is 1. The summed E-state index contributed by atoms with van der Waals surface area (Å²) in [6.07, 6.45) is 6.75. The molecule has 1 amide bonds. The zero-order valence-corrected chi connectivity index (χ0v) is 25.2. The van der Waals surface area contributed by atoms with Gasteiger partial charge in [-0.1, -0.05) is 34.1 Å². The van der Waals surface area contributed by atoms with Crippen LogP contribution in [0.2, 0.25) is 0 Å². The third-order valence-corrected chi connectivity index (χ3v) is 8.64. The highest BCUT2D eigenvalue weighted by molar-refractivity contribution is 5.78. The van der Waals surface area contributed by atoms with Crippen molar-refractivity contribution < 1.29 is 19.4 Å². The van der Waals surface area contributed by atoms with Gasteiger partial charge in [0.25, 0.3) is 0 Å². The fraction of sp³-hybridized carbons (Fsp3) is 0.806. The number of nitrogens with two attached hydrogens (primary N) is 1. The molecule has 1 fully saturated rings. The number of hydrogen-bond acceptors (Lipinski definition) is 6. The number of carbonyl (C=O) groups excluding carboxylic acids is 1. The third kappa shape index (κ3) is 11.0. The summed E-state index contributed by atoms with van der Waals surface area (Å²) in [6.45, 7) is 13.3. The summed E-state index contributed by atoms with van der Waals surface area (Å²) in [5.41, 5.74) is 8.69. The van der Waals surface area contributed by atoms with Crippen molar-refractivity contribution in [2.24, 2.45) is 35.3 Å². The molecule has 5 N–H and O–H groups in total. The summed E-state index contributed by atoms with van der Waals surface area (Å²) >= 11 is 0. The van der Waals surface area contributed by atoms with Gasteiger partial charge >= 0.3 is 0 Å². The Kier molecular flexibility index (Phi) is 14.7. The largest absolute Gasteiger partial charge is 0.391 e. The monoisotopic (exact) mass is 549 g/mol. The molecule has 0 bridgehead atoms. The Morgan fingerprint density at radius 2 is 1.87 bits per heavy atom. The van der Waals surface area contributed by atoms with Crippen molar-refractivity contribution in [1.29, 1.82) is 0 Å². The molecular formula is C31H55N3O5. The summed E-state index contributed by atoms with van der Waals surface area (Å²) in [4.78, 5) is 28.2. The van der Waals surface area contributed by atoms with Crippen molar-refractivity contribution in [2.45, 2.75) is 97.6 Å². The molecule has 2 heterocycles. The van der Waals surface area contributed by atoms with Crippen LogP contribution in [0.4, 0.5) is 0 Å². The number of pyridine rings is 1. The average molecular weight is 550 g/mol. The second-order valence-corrected chi connectivity index (χ2v) is 12.3. The van der Waals surface area contributed by atoms with E-state index in [4.69, 9.17) is 15.2 Å². The lowest BCUT2D eigenvalue weighted by molar-refractivity contribution is -0.128. The highest BCUT2D eigenvalue weighted by atomic mass is 16.5. The first-order valence-corrected chi connectivity index (χ1v) is 15.0. The topological polar surface area (TPSA) is 127 Å². The molecule has 1 saturated heterocycles. The van der Waals surface area contributed by atoms with Gasteiger partial charge in [-0.25, -0.2) is 0 Å². The minimum atomic E-state index is -0.790. The third-order valence-electron chi connectivity index (χ3n) is 8.64. The number of hydrogen-bond donors (Lipinski definition) is 4. The predicted octanol–water partition coefficient (Wildman–Crippen LogP) is 4.14. The Hall–Kier alpha value is -1.74. The molecule has 0 saturated carbocycles. The van der Waals surface area contributed by atoms with Crippen LogP contribution in [0.3, 0.4) is 0 Å². The van der Waals surface area contributed by atoms with Gasteiger partial charge in [0.05, 0.1) is 6.10 Å². The lowest BCUT2D eigenvalue weighted by atomic mass is 9.72. The van der Waals surface area contributed by atoms with Crippen LogP contribution in [0, 0.1) is 36.5 Å². The van der Waals surface area contributed by atoms with Crippen LogP contribution in [0.5, 0.6) is 0 Å². The molecule has 5 atom stereocenters. The van der Waals surface area contributed by atoms with Crippen molar-refractivity contribution in [2.75, 3.05) is 33.5 Å². The Morgan fingerprint density at radius 1 is 1.18 bits per heavy atom. The second kappa shape index (κ2) is 17.2. The van der Waals surface area contributed by atoms with Crippen LogP contribution in [0.25, 0.3) is 0 Å². The van der Waals surface area contributed by atoms with Crippen LogP contribution in [-0.2, 0) is 14.3 Å². The van der Waals surface area contributed by atoms with Crippen LogP contribution in [0.15, 0.2) is 17.1 Å². The Balaban J connectivity index is 2.12. The van der Waals surface area contributed by atoms with Gasteiger partial charge in [-0.15, -0.1) is 0 Å². The Bertz CT molecular complexity index is 896. The number of nitrogens with one attached hydrogen (secondary N) is 2. The van der Waals surface area contributed by atoms with Crippen molar-refractivity contribution in [3.8, 4) is 0 Å². The summed E-state index contributed by atoms with van der Waals surface area (Å²) in [5, 5.41) is 14.4. The summed E-state index contributed by atoms with van der Waals surface area (Å²) < 4.78 is 10.7. The fourth-order valence-electron chi connectivity index (χ4n) is 5.99. The van der Waals surface area contributed by atoms with Gasteiger partial charge in [0.1, 0.15) is 0 Å². The van der Waals surface area contributed by atoms with Crippen molar-refractivity contribution in [3.05, 3.63) is 33.7 Å². The number of rotatable bonds is 17. The lowest BCUT2D eigenvalue weighted by Crippen LogP contribution is -2.44. The number of aliphatic hydroxyl groups excluding tert-OH is 1. The van der Waals surface area contributed by atoms with Gasteiger partial charge in [0.15, 0.2) is 0 Å². The lowest BCUT2D eigenvalue weighted by Gasteiger charge is -2.35. The van der Waals surface area contributed by atoms with Gasteiger partial charge in [0, 0.05) is 57.7 Å². The van der Waals surface area contributed by atoms with Gasteiger partial charge in [-0.3, -0.25) is 9.59 Å². The number of carbonyl (C=O) groups is 1. The number of H-pyrrole nitrogens is 1. The standard InChI is InChI=1S/C31H55N3O5/c1-20(2)25(24(9-7-8-12-38-6)27-17-30(36)33-18-22(27)5)15-28(32)29(35)16-26(21(3)4)31(37)34-19-23-10-13-39-14-11-23/h17-18,20-21,23-26,28-29,35H,7-16,19,32H2,1-6H3,(H,33,36)(H,34,37). The summed E-state index contributed by atoms with van der Waals surface area (Å²) in [6, 6.07) is 1.26. The molecule has 2 rings (SSSR count). The molecule has 5 unspecified atom stereocenters. The number of methoxy groups -OCH3 is 1. The van der Waals surface area contributed by atoms with E-state index in [-0.39, 0.29) is 35.1 Å². The first kappa shape index (κ1) is 33.5. The summed E-state index contributed by atoms with van der Waals surface area (Å²) in [5.74, 6) is 0.863. The Labute approximate surface area is 235 Å². The molecule has 8 heteroatoms. The molecule has 0 radical (unpaired) electrons. The molecule has 1 aliphatic rings. The van der Waals surface area contributed by atoms with Gasteiger partial charge in [0.2, 0.25) is 11.5 Å². The fourth-order valence-corrected chi connectivity index (χ4v) is 5.99. The molecule has 8 nitrogen and oxygen atoms in total. The molecular weight excluding hydrogens is 494 g/mol. The van der Waals surface area contributed by atoms with E-state index < -0.39 is 12.1 Å². The van der Waals surface area contributed by atoms with Crippen molar-refractivity contribution in [1.82, 2.24) is 10.3 Å². The van der Waals surface area contributed by atoms with Crippen molar-refractivity contribution in [3.63, 3.8) is 0 Å². The molecule has 0 spiro atoms. The normalized spacial score (nSPS) is 18.6. The predicted molar refractivity (Wildman–Crippen MR) is 157 cm³/mol. The number of ether oxygens (including phenoxy) is 2. The first-order chi connectivity index (χ1) is 18.5. The van der Waals surface area contributed by atoms with E-state index in [0.29, 0.717) is 37.8 Å². The van der Waals surface area contributed by atoms with E-state index in [9.17, 15) is 14.7 Å². The molecule has 0 aliphatic carbocycles. The molecule has 1 aliphatic heterocycles. The van der Waals surface area contributed by atoms with Crippen LogP contribution in [-0.4, -0.2) is 61.6 Å². The number of unbranched alkanes of at least 4 members (excludes halogenated alkanes) is 1.